The van der Waals surface area contributed by atoms with Gasteiger partial charge in [-0.25, -0.2) is 4.98 Å². The van der Waals surface area contributed by atoms with E-state index in [-0.39, 0.29) is 22.2 Å². The van der Waals surface area contributed by atoms with Gasteiger partial charge in [0, 0.05) is 12.5 Å². The Kier molecular flexibility index (Phi) is 9.44. The molecule has 10 heteroatoms. The van der Waals surface area contributed by atoms with E-state index in [2.05, 4.69) is 4.98 Å². The number of aliphatic hydroxyl groups excluding tert-OH is 1. The summed E-state index contributed by atoms with van der Waals surface area (Å²) >= 11 is 1.03. The van der Waals surface area contributed by atoms with E-state index < -0.39 is 17.7 Å². The number of carbonyl (C=O) groups excluding carboxylic acids is 3. The Labute approximate surface area is 243 Å². The summed E-state index contributed by atoms with van der Waals surface area (Å²) < 4.78 is 17.3. The van der Waals surface area contributed by atoms with E-state index in [1.165, 1.54) is 11.8 Å². The minimum Gasteiger partial charge on any atom is -0.507 e. The topological polar surface area (TPSA) is 115 Å². The first-order chi connectivity index (χ1) is 19.7. The number of anilines is 1. The molecule has 1 amide bonds. The van der Waals surface area contributed by atoms with Crippen molar-refractivity contribution < 1.29 is 33.7 Å². The number of rotatable bonds is 12. The third-order valence-corrected chi connectivity index (χ3v) is 7.66. The molecule has 0 aliphatic carbocycles. The predicted molar refractivity (Wildman–Crippen MR) is 157 cm³/mol. The van der Waals surface area contributed by atoms with E-state index >= 15 is 0 Å². The molecule has 2 aromatic carbocycles. The van der Waals surface area contributed by atoms with E-state index in [1.807, 2.05) is 20.8 Å². The van der Waals surface area contributed by atoms with Gasteiger partial charge in [-0.1, -0.05) is 31.3 Å². The summed E-state index contributed by atoms with van der Waals surface area (Å²) in [6, 6.07) is 10.8. The Bertz CT molecular complexity index is 1480. The van der Waals surface area contributed by atoms with Crippen molar-refractivity contribution in [1.29, 1.82) is 0 Å². The summed E-state index contributed by atoms with van der Waals surface area (Å²) in [5.41, 5.74) is 1.22. The molecule has 1 N–H and O–H groups in total. The predicted octanol–water partition coefficient (Wildman–Crippen LogP) is 6.26. The number of hydrogen-bond acceptors (Lipinski definition) is 9. The zero-order chi connectivity index (χ0) is 29.7. The summed E-state index contributed by atoms with van der Waals surface area (Å²) in [4.78, 5) is 45.4. The lowest BCUT2D eigenvalue weighted by Gasteiger charge is -2.24. The van der Waals surface area contributed by atoms with Gasteiger partial charge < -0.3 is 19.3 Å². The first-order valence-corrected chi connectivity index (χ1v) is 14.4. The number of amides is 1. The standard InChI is InChI=1S/C31H34N2O7S/c1-6-15-39-22-12-9-20(10-13-22)27(35)25-26(21-11-14-23(40-16-7-2)24(17-21)38-8-3)33(30(37)28(25)36)31-32-18(4)29(41-31)19(5)34/h9-14,17,26,35H,6-8,15-16H2,1-5H3. The second kappa shape index (κ2) is 13.0. The number of benzene rings is 2. The van der Waals surface area contributed by atoms with Gasteiger partial charge in [-0.2, -0.15) is 0 Å². The fraction of sp³-hybridized carbons (Fsp3) is 0.355. The Morgan fingerprint density at radius 1 is 0.976 bits per heavy atom. The summed E-state index contributed by atoms with van der Waals surface area (Å²) in [6.45, 7) is 10.3. The summed E-state index contributed by atoms with van der Waals surface area (Å²) in [5, 5.41) is 11.7. The number of aromatic nitrogens is 1. The van der Waals surface area contributed by atoms with Crippen LogP contribution >= 0.6 is 11.3 Å². The molecule has 1 unspecified atom stereocenters. The van der Waals surface area contributed by atoms with E-state index in [0.717, 1.165) is 24.2 Å². The van der Waals surface area contributed by atoms with Crippen molar-refractivity contribution >= 4 is 39.7 Å². The second-order valence-corrected chi connectivity index (χ2v) is 10.5. The third kappa shape index (κ3) is 6.12. The van der Waals surface area contributed by atoms with Gasteiger partial charge in [-0.05, 0) is 68.7 Å². The lowest BCUT2D eigenvalue weighted by molar-refractivity contribution is -0.132. The Morgan fingerprint density at radius 2 is 1.66 bits per heavy atom. The molecule has 0 radical (unpaired) electrons. The van der Waals surface area contributed by atoms with E-state index in [0.29, 0.717) is 58.8 Å². The molecular weight excluding hydrogens is 544 g/mol. The van der Waals surface area contributed by atoms with Crippen LogP contribution < -0.4 is 19.1 Å². The lowest BCUT2D eigenvalue weighted by atomic mass is 9.95. The van der Waals surface area contributed by atoms with Crippen molar-refractivity contribution in [1.82, 2.24) is 4.98 Å². The Morgan fingerprint density at radius 3 is 2.27 bits per heavy atom. The molecule has 3 aromatic rings. The van der Waals surface area contributed by atoms with Crippen LogP contribution in [-0.4, -0.2) is 47.4 Å². The molecule has 4 rings (SSSR count). The van der Waals surface area contributed by atoms with Crippen LogP contribution in [0.5, 0.6) is 17.2 Å². The number of Topliss-reactive ketones (excluding diaryl/α,β-unsaturated/α-hetero) is 2. The first-order valence-electron chi connectivity index (χ1n) is 13.6. The quantitative estimate of drug-likeness (QED) is 0.116. The van der Waals surface area contributed by atoms with Crippen molar-refractivity contribution in [3.8, 4) is 17.2 Å². The van der Waals surface area contributed by atoms with Gasteiger partial charge in [0.05, 0.1) is 42.0 Å². The summed E-state index contributed by atoms with van der Waals surface area (Å²) in [7, 11) is 0. The van der Waals surface area contributed by atoms with Gasteiger partial charge in [0.25, 0.3) is 5.78 Å². The minimum atomic E-state index is -1.03. The molecular formula is C31H34N2O7S. The molecule has 41 heavy (non-hydrogen) atoms. The third-order valence-electron chi connectivity index (χ3n) is 6.40. The molecule has 1 aromatic heterocycles. The fourth-order valence-corrected chi connectivity index (χ4v) is 5.52. The molecule has 1 saturated heterocycles. The molecule has 216 valence electrons. The van der Waals surface area contributed by atoms with Crippen LogP contribution in [0, 0.1) is 6.92 Å². The van der Waals surface area contributed by atoms with Crippen molar-refractivity contribution in [3.05, 3.63) is 69.7 Å². The number of hydrogen-bond donors (Lipinski definition) is 1. The minimum absolute atomic E-state index is 0.0980. The highest BCUT2D eigenvalue weighted by atomic mass is 32.1. The first kappa shape index (κ1) is 29.8. The van der Waals surface area contributed by atoms with Crippen molar-refractivity contribution in [2.45, 2.75) is 53.5 Å². The number of aryl methyl sites for hydroxylation is 1. The maximum absolute atomic E-state index is 13.6. The summed E-state index contributed by atoms with van der Waals surface area (Å²) in [6.07, 6.45) is 1.65. The smallest absolute Gasteiger partial charge is 0.301 e. The van der Waals surface area contributed by atoms with Gasteiger partial charge >= 0.3 is 5.91 Å². The molecule has 0 spiro atoms. The van der Waals surface area contributed by atoms with Crippen LogP contribution in [0.15, 0.2) is 48.0 Å². The van der Waals surface area contributed by atoms with Gasteiger partial charge in [0.2, 0.25) is 0 Å². The lowest BCUT2D eigenvalue weighted by Crippen LogP contribution is -2.29. The number of carbonyl (C=O) groups is 3. The Hall–Kier alpha value is -4.18. The zero-order valence-electron chi connectivity index (χ0n) is 23.9. The second-order valence-electron chi connectivity index (χ2n) is 9.50. The van der Waals surface area contributed by atoms with Crippen molar-refractivity contribution in [3.63, 3.8) is 0 Å². The van der Waals surface area contributed by atoms with Crippen LogP contribution in [-0.2, 0) is 9.59 Å². The largest absolute Gasteiger partial charge is 0.507 e. The van der Waals surface area contributed by atoms with Gasteiger partial charge in [0.1, 0.15) is 11.5 Å². The maximum atomic E-state index is 13.6. The normalized spacial score (nSPS) is 16.2. The average molecular weight is 579 g/mol. The SMILES string of the molecule is CCCOc1ccc(C(O)=C2C(=O)C(=O)N(c3nc(C)c(C(C)=O)s3)C2c2ccc(OCCC)c(OCC)c2)cc1. The van der Waals surface area contributed by atoms with Crippen LogP contribution in [0.2, 0.25) is 0 Å². The summed E-state index contributed by atoms with van der Waals surface area (Å²) in [5.74, 6) is -0.641. The monoisotopic (exact) mass is 578 g/mol. The number of thiazole rings is 1. The number of nitrogens with zero attached hydrogens (tertiary/aromatic N) is 2. The Balaban J connectivity index is 1.89. The fourth-order valence-electron chi connectivity index (χ4n) is 4.54. The van der Waals surface area contributed by atoms with Crippen LogP contribution in [0.25, 0.3) is 5.76 Å². The van der Waals surface area contributed by atoms with Crippen LogP contribution in [0.3, 0.4) is 0 Å². The highest BCUT2D eigenvalue weighted by Crippen LogP contribution is 2.45. The number of aliphatic hydroxyl groups is 1. The average Bonchev–Trinajstić information content (AvgIpc) is 3.47. The van der Waals surface area contributed by atoms with Gasteiger partial charge in [-0.3, -0.25) is 19.3 Å². The van der Waals surface area contributed by atoms with E-state index in [1.54, 1.807) is 49.4 Å². The highest BCUT2D eigenvalue weighted by molar-refractivity contribution is 7.18. The van der Waals surface area contributed by atoms with Gasteiger partial charge in [0.15, 0.2) is 22.4 Å². The molecule has 2 heterocycles. The molecule has 0 bridgehead atoms. The highest BCUT2D eigenvalue weighted by Gasteiger charge is 2.48. The molecule has 0 saturated carbocycles. The van der Waals surface area contributed by atoms with Crippen LogP contribution in [0.1, 0.15) is 73.1 Å². The maximum Gasteiger partial charge on any atom is 0.301 e. The molecule has 1 atom stereocenters. The molecule has 1 aliphatic rings. The van der Waals surface area contributed by atoms with Gasteiger partial charge in [-0.15, -0.1) is 0 Å². The number of ether oxygens (including phenoxy) is 3. The molecule has 1 fully saturated rings. The molecule has 1 aliphatic heterocycles. The van der Waals surface area contributed by atoms with Crippen molar-refractivity contribution in [2.24, 2.45) is 0 Å². The van der Waals surface area contributed by atoms with Crippen molar-refractivity contribution in [2.75, 3.05) is 24.7 Å². The van der Waals surface area contributed by atoms with E-state index in [9.17, 15) is 19.5 Å². The zero-order valence-corrected chi connectivity index (χ0v) is 24.7. The van der Waals surface area contributed by atoms with Crippen LogP contribution in [0.4, 0.5) is 5.13 Å². The molecule has 9 nitrogen and oxygen atoms in total. The van der Waals surface area contributed by atoms with E-state index in [4.69, 9.17) is 14.2 Å². The number of ketones is 2.